The number of benzene rings is 2. The molecule has 0 atom stereocenters. The van der Waals surface area contributed by atoms with E-state index >= 15 is 0 Å². The molecular weight excluding hydrogens is 316 g/mol. The van der Waals surface area contributed by atoms with Gasteiger partial charge >= 0.3 is 0 Å². The van der Waals surface area contributed by atoms with Gasteiger partial charge in [-0.3, -0.25) is 9.59 Å². The lowest BCUT2D eigenvalue weighted by Gasteiger charge is -2.14. The van der Waals surface area contributed by atoms with E-state index in [-0.39, 0.29) is 24.3 Å². The third kappa shape index (κ3) is 4.38. The Kier molecular flexibility index (Phi) is 5.03. The Morgan fingerprint density at radius 1 is 1.00 bits per heavy atom. The number of hydrogen-bond donors (Lipinski definition) is 2. The van der Waals surface area contributed by atoms with Crippen LogP contribution in [-0.2, 0) is 9.59 Å². The summed E-state index contributed by atoms with van der Waals surface area (Å²) in [7, 11) is 0. The number of ether oxygens (including phenoxy) is 1. The minimum absolute atomic E-state index is 0.0504. The fraction of sp³-hybridized carbons (Fsp3) is 0.300. The van der Waals surface area contributed by atoms with Crippen molar-refractivity contribution < 1.29 is 14.3 Å². The van der Waals surface area contributed by atoms with Crippen LogP contribution in [0.25, 0.3) is 0 Å². The number of para-hydroxylation sites is 1. The van der Waals surface area contributed by atoms with E-state index in [0.717, 1.165) is 29.7 Å². The predicted octanol–water partition coefficient (Wildman–Crippen LogP) is 3.67. The average Bonchev–Trinajstić information content (AvgIpc) is 3.43. The van der Waals surface area contributed by atoms with Crippen molar-refractivity contribution >= 4 is 23.2 Å². The second-order valence-electron chi connectivity index (χ2n) is 6.34. The largest absolute Gasteiger partial charge is 0.483 e. The van der Waals surface area contributed by atoms with E-state index in [1.54, 1.807) is 0 Å². The minimum atomic E-state index is -0.239. The number of hydrogen-bond acceptors (Lipinski definition) is 3. The summed E-state index contributed by atoms with van der Waals surface area (Å²) in [5.74, 6) is 0.645. The van der Waals surface area contributed by atoms with Crippen molar-refractivity contribution in [2.45, 2.75) is 26.7 Å². The highest BCUT2D eigenvalue weighted by atomic mass is 16.5. The number of nitrogens with one attached hydrogen (secondary N) is 2. The molecule has 0 aliphatic heterocycles. The molecule has 0 saturated heterocycles. The van der Waals surface area contributed by atoms with Gasteiger partial charge in [-0.2, -0.15) is 0 Å². The van der Waals surface area contributed by atoms with Gasteiger partial charge in [-0.15, -0.1) is 0 Å². The van der Waals surface area contributed by atoms with Gasteiger partial charge in [-0.25, -0.2) is 0 Å². The topological polar surface area (TPSA) is 67.4 Å². The molecule has 0 spiro atoms. The van der Waals surface area contributed by atoms with Gasteiger partial charge in [0.05, 0.1) is 0 Å². The fourth-order valence-electron chi connectivity index (χ4n) is 2.53. The second-order valence-corrected chi connectivity index (χ2v) is 6.34. The highest BCUT2D eigenvalue weighted by Crippen LogP contribution is 2.31. The monoisotopic (exact) mass is 338 g/mol. The summed E-state index contributed by atoms with van der Waals surface area (Å²) in [6, 6.07) is 13.0. The van der Waals surface area contributed by atoms with Crippen molar-refractivity contribution in [2.24, 2.45) is 5.92 Å². The van der Waals surface area contributed by atoms with Gasteiger partial charge < -0.3 is 15.4 Å². The van der Waals surface area contributed by atoms with Gasteiger partial charge in [0.15, 0.2) is 6.61 Å². The van der Waals surface area contributed by atoms with Crippen molar-refractivity contribution in [3.05, 3.63) is 53.6 Å². The molecule has 2 aromatic carbocycles. The first-order chi connectivity index (χ1) is 12.0. The Hall–Kier alpha value is -2.82. The number of carbonyl (C=O) groups excluding carboxylic acids is 2. The van der Waals surface area contributed by atoms with E-state index in [1.807, 2.05) is 56.3 Å². The quantitative estimate of drug-likeness (QED) is 0.844. The molecule has 5 heteroatoms. The van der Waals surface area contributed by atoms with Crippen molar-refractivity contribution in [3.8, 4) is 5.75 Å². The summed E-state index contributed by atoms with van der Waals surface area (Å²) in [6.45, 7) is 3.74. The van der Waals surface area contributed by atoms with Gasteiger partial charge in [0.2, 0.25) is 5.91 Å². The number of anilines is 2. The molecule has 2 aromatic rings. The van der Waals surface area contributed by atoms with Crippen LogP contribution in [0, 0.1) is 19.8 Å². The van der Waals surface area contributed by atoms with E-state index in [9.17, 15) is 9.59 Å². The normalized spacial score (nSPS) is 13.2. The Balaban J connectivity index is 1.61. The van der Waals surface area contributed by atoms with Gasteiger partial charge in [0, 0.05) is 17.3 Å². The van der Waals surface area contributed by atoms with Crippen molar-refractivity contribution in [3.63, 3.8) is 0 Å². The third-order valence-electron chi connectivity index (χ3n) is 4.27. The smallest absolute Gasteiger partial charge is 0.262 e. The molecular formula is C20H22N2O3. The van der Waals surface area contributed by atoms with Crippen LogP contribution < -0.4 is 15.4 Å². The van der Waals surface area contributed by atoms with Gasteiger partial charge in [0.1, 0.15) is 5.75 Å². The summed E-state index contributed by atoms with van der Waals surface area (Å²) in [6.07, 6.45) is 1.91. The van der Waals surface area contributed by atoms with Crippen LogP contribution in [0.15, 0.2) is 42.5 Å². The first kappa shape index (κ1) is 17.0. The van der Waals surface area contributed by atoms with Crippen LogP contribution in [0.2, 0.25) is 0 Å². The molecule has 0 unspecified atom stereocenters. The van der Waals surface area contributed by atoms with E-state index in [4.69, 9.17) is 4.74 Å². The predicted molar refractivity (Wildman–Crippen MR) is 97.8 cm³/mol. The first-order valence-electron chi connectivity index (χ1n) is 8.43. The van der Waals surface area contributed by atoms with Gasteiger partial charge in [-0.1, -0.05) is 24.3 Å². The molecule has 2 amide bonds. The zero-order valence-corrected chi connectivity index (χ0v) is 14.5. The summed E-state index contributed by atoms with van der Waals surface area (Å²) in [5.41, 5.74) is 3.22. The van der Waals surface area contributed by atoms with Crippen LogP contribution in [0.4, 0.5) is 11.4 Å². The second kappa shape index (κ2) is 7.38. The van der Waals surface area contributed by atoms with Gasteiger partial charge in [-0.05, 0) is 56.0 Å². The Morgan fingerprint density at radius 3 is 2.36 bits per heavy atom. The minimum Gasteiger partial charge on any atom is -0.483 e. The van der Waals surface area contributed by atoms with Gasteiger partial charge in [0.25, 0.3) is 5.91 Å². The number of aryl methyl sites for hydroxylation is 1. The molecule has 3 rings (SSSR count). The first-order valence-corrected chi connectivity index (χ1v) is 8.43. The molecule has 1 aliphatic carbocycles. The maximum atomic E-state index is 12.2. The highest BCUT2D eigenvalue weighted by Gasteiger charge is 2.29. The molecule has 0 bridgehead atoms. The average molecular weight is 338 g/mol. The molecule has 1 saturated carbocycles. The van der Waals surface area contributed by atoms with E-state index in [1.165, 1.54) is 0 Å². The Labute approximate surface area is 147 Å². The van der Waals surface area contributed by atoms with Crippen LogP contribution in [0.1, 0.15) is 24.0 Å². The lowest BCUT2D eigenvalue weighted by molar-refractivity contribution is -0.118. The summed E-state index contributed by atoms with van der Waals surface area (Å²) < 4.78 is 5.56. The molecule has 0 radical (unpaired) electrons. The zero-order valence-electron chi connectivity index (χ0n) is 14.5. The number of rotatable bonds is 6. The van der Waals surface area contributed by atoms with Crippen LogP contribution in [0.5, 0.6) is 5.75 Å². The standard InChI is InChI=1S/C20H22N2O3/c1-13-6-3-4-9-18(13)25-12-19(23)21-16-7-5-8-17(14(16)2)22-20(24)15-10-11-15/h3-9,15H,10-12H2,1-2H3,(H,21,23)(H,22,24). The van der Waals surface area contributed by atoms with E-state index in [2.05, 4.69) is 10.6 Å². The summed E-state index contributed by atoms with van der Waals surface area (Å²) in [5, 5.41) is 5.77. The van der Waals surface area contributed by atoms with Crippen LogP contribution in [-0.4, -0.2) is 18.4 Å². The summed E-state index contributed by atoms with van der Waals surface area (Å²) >= 11 is 0. The summed E-state index contributed by atoms with van der Waals surface area (Å²) in [4.78, 5) is 24.1. The molecule has 130 valence electrons. The Morgan fingerprint density at radius 2 is 1.68 bits per heavy atom. The van der Waals surface area contributed by atoms with Crippen LogP contribution in [0.3, 0.4) is 0 Å². The van der Waals surface area contributed by atoms with Crippen molar-refractivity contribution in [2.75, 3.05) is 17.2 Å². The molecule has 1 fully saturated rings. The lowest BCUT2D eigenvalue weighted by atomic mass is 10.1. The van der Waals surface area contributed by atoms with Crippen LogP contribution >= 0.6 is 0 Å². The molecule has 0 aromatic heterocycles. The third-order valence-corrected chi connectivity index (χ3v) is 4.27. The fourth-order valence-corrected chi connectivity index (χ4v) is 2.53. The van der Waals surface area contributed by atoms with E-state index in [0.29, 0.717) is 11.4 Å². The molecule has 1 aliphatic rings. The SMILES string of the molecule is Cc1ccccc1OCC(=O)Nc1cccc(NC(=O)C2CC2)c1C. The molecule has 2 N–H and O–H groups in total. The molecule has 0 heterocycles. The van der Waals surface area contributed by atoms with E-state index < -0.39 is 0 Å². The van der Waals surface area contributed by atoms with Crippen molar-refractivity contribution in [1.82, 2.24) is 0 Å². The molecule has 5 nitrogen and oxygen atoms in total. The number of amides is 2. The lowest BCUT2D eigenvalue weighted by Crippen LogP contribution is -2.21. The molecule has 25 heavy (non-hydrogen) atoms. The zero-order chi connectivity index (χ0) is 17.8. The number of carbonyl (C=O) groups is 2. The Bertz CT molecular complexity index is 797. The highest BCUT2D eigenvalue weighted by molar-refractivity contribution is 5.97. The maximum Gasteiger partial charge on any atom is 0.262 e. The van der Waals surface area contributed by atoms with Crippen molar-refractivity contribution in [1.29, 1.82) is 0 Å². The maximum absolute atomic E-state index is 12.2.